The second-order valence-electron chi connectivity index (χ2n) is 6.08. The van der Waals surface area contributed by atoms with Crippen LogP contribution in [0.4, 0.5) is 0 Å². The zero-order valence-electron chi connectivity index (χ0n) is 15.1. The third kappa shape index (κ3) is 4.87. The van der Waals surface area contributed by atoms with Gasteiger partial charge in [-0.25, -0.2) is 8.42 Å². The van der Waals surface area contributed by atoms with E-state index in [-0.39, 0.29) is 4.90 Å². The maximum atomic E-state index is 12.2. The lowest BCUT2D eigenvalue weighted by molar-refractivity contribution is -0.141. The van der Waals surface area contributed by atoms with Crippen molar-refractivity contribution in [3.05, 3.63) is 53.6 Å². The summed E-state index contributed by atoms with van der Waals surface area (Å²) >= 11 is 0. The number of rotatable bonds is 7. The molecule has 0 aliphatic carbocycles. The summed E-state index contributed by atoms with van der Waals surface area (Å²) < 4.78 is 42.1. The van der Waals surface area contributed by atoms with E-state index in [1.807, 2.05) is 6.92 Å². The highest BCUT2D eigenvalue weighted by molar-refractivity contribution is 7.89. The molecule has 0 fully saturated rings. The van der Waals surface area contributed by atoms with E-state index < -0.39 is 34.9 Å². The number of esters is 1. The number of nitrogens with one attached hydrogen (secondary N) is 1. The number of aryl methyl sites for hydroxylation is 1. The van der Waals surface area contributed by atoms with Crippen LogP contribution >= 0.6 is 0 Å². The van der Waals surface area contributed by atoms with Crippen molar-refractivity contribution in [3.63, 3.8) is 0 Å². The van der Waals surface area contributed by atoms with Crippen molar-refractivity contribution < 1.29 is 32.2 Å². The van der Waals surface area contributed by atoms with Crippen LogP contribution in [-0.2, 0) is 19.6 Å². The molecule has 0 amide bonds. The molecule has 0 spiro atoms. The van der Waals surface area contributed by atoms with Crippen molar-refractivity contribution in [1.82, 2.24) is 4.72 Å². The number of hydrogen-bond acceptors (Lipinski definition) is 7. The largest absolute Gasteiger partial charge is 0.486 e. The lowest BCUT2D eigenvalue weighted by Crippen LogP contribution is -2.31. The molecule has 0 saturated heterocycles. The number of fused-ring (bicyclic) bond motifs is 1. The van der Waals surface area contributed by atoms with Gasteiger partial charge in [0.05, 0.1) is 4.90 Å². The first-order valence-corrected chi connectivity index (χ1v) is 9.98. The fourth-order valence-corrected chi connectivity index (χ4v) is 3.42. The molecule has 9 heteroatoms. The van der Waals surface area contributed by atoms with E-state index >= 15 is 0 Å². The fourth-order valence-electron chi connectivity index (χ4n) is 2.45. The Bertz CT molecular complexity index is 984. The van der Waals surface area contributed by atoms with Gasteiger partial charge < -0.3 is 14.2 Å². The van der Waals surface area contributed by atoms with Crippen LogP contribution in [-0.4, -0.2) is 46.5 Å². The van der Waals surface area contributed by atoms with Gasteiger partial charge in [0, 0.05) is 5.56 Å². The standard InChI is InChI=1S/C19H19NO7S/c1-13-2-5-15(6-3-13)28(23,24)20-11-19(22)27-12-16(21)14-4-7-17-18(10-14)26-9-8-25-17/h2-7,10,20H,8-9,11-12H2,1H3. The van der Waals surface area contributed by atoms with Gasteiger partial charge in [0.25, 0.3) is 0 Å². The smallest absolute Gasteiger partial charge is 0.321 e. The average molecular weight is 405 g/mol. The van der Waals surface area contributed by atoms with Gasteiger partial charge in [-0.3, -0.25) is 9.59 Å². The molecule has 28 heavy (non-hydrogen) atoms. The van der Waals surface area contributed by atoms with Crippen LogP contribution < -0.4 is 14.2 Å². The van der Waals surface area contributed by atoms with E-state index in [9.17, 15) is 18.0 Å². The minimum Gasteiger partial charge on any atom is -0.486 e. The minimum atomic E-state index is -3.84. The number of ketones is 1. The highest BCUT2D eigenvalue weighted by Gasteiger charge is 2.18. The van der Waals surface area contributed by atoms with E-state index in [0.717, 1.165) is 5.56 Å². The van der Waals surface area contributed by atoms with Crippen LogP contribution in [0.15, 0.2) is 47.4 Å². The molecule has 0 atom stereocenters. The third-order valence-corrected chi connectivity index (χ3v) is 5.38. The molecule has 0 aromatic heterocycles. The minimum absolute atomic E-state index is 0.0401. The molecule has 0 bridgehead atoms. The number of hydrogen-bond donors (Lipinski definition) is 1. The van der Waals surface area contributed by atoms with Crippen molar-refractivity contribution in [2.75, 3.05) is 26.4 Å². The van der Waals surface area contributed by atoms with Gasteiger partial charge in [-0.15, -0.1) is 0 Å². The first kappa shape index (κ1) is 19.8. The van der Waals surface area contributed by atoms with Crippen molar-refractivity contribution >= 4 is 21.8 Å². The predicted molar refractivity (Wildman–Crippen MR) is 99.1 cm³/mol. The molecule has 0 saturated carbocycles. The summed E-state index contributed by atoms with van der Waals surface area (Å²) in [7, 11) is -3.84. The molecule has 0 radical (unpaired) electrons. The summed E-state index contributed by atoms with van der Waals surface area (Å²) in [4.78, 5) is 24.0. The van der Waals surface area contributed by atoms with Gasteiger partial charge in [0.1, 0.15) is 19.8 Å². The van der Waals surface area contributed by atoms with Crippen LogP contribution in [0.2, 0.25) is 0 Å². The normalized spacial score (nSPS) is 13.0. The van der Waals surface area contributed by atoms with E-state index in [4.69, 9.17) is 14.2 Å². The van der Waals surface area contributed by atoms with Gasteiger partial charge in [-0.2, -0.15) is 4.72 Å². The Labute approximate surface area is 162 Å². The monoisotopic (exact) mass is 405 g/mol. The number of ether oxygens (including phenoxy) is 3. The first-order chi connectivity index (χ1) is 13.3. The summed E-state index contributed by atoms with van der Waals surface area (Å²) in [6, 6.07) is 10.9. The van der Waals surface area contributed by atoms with Crippen LogP contribution in [0.3, 0.4) is 0 Å². The Kier molecular flexibility index (Phi) is 5.96. The maximum Gasteiger partial charge on any atom is 0.321 e. The summed E-state index contributed by atoms with van der Waals surface area (Å²) in [6.45, 7) is 1.58. The van der Waals surface area contributed by atoms with E-state index in [1.165, 1.54) is 18.2 Å². The van der Waals surface area contributed by atoms with Gasteiger partial charge in [-0.1, -0.05) is 17.7 Å². The number of Topliss-reactive ketones (excluding diaryl/α,β-unsaturated/α-hetero) is 1. The summed E-state index contributed by atoms with van der Waals surface area (Å²) in [6.07, 6.45) is 0. The topological polar surface area (TPSA) is 108 Å². The zero-order valence-corrected chi connectivity index (χ0v) is 16.0. The Balaban J connectivity index is 1.51. The van der Waals surface area contributed by atoms with Crippen LogP contribution in [0.1, 0.15) is 15.9 Å². The molecule has 2 aromatic rings. The first-order valence-electron chi connectivity index (χ1n) is 8.50. The highest BCUT2D eigenvalue weighted by atomic mass is 32.2. The molecule has 1 aliphatic heterocycles. The van der Waals surface area contributed by atoms with E-state index in [1.54, 1.807) is 24.3 Å². The van der Waals surface area contributed by atoms with Crippen molar-refractivity contribution in [3.8, 4) is 11.5 Å². The molecule has 1 heterocycles. The molecule has 148 valence electrons. The van der Waals surface area contributed by atoms with Gasteiger partial charge >= 0.3 is 5.97 Å². The van der Waals surface area contributed by atoms with Crippen molar-refractivity contribution in [1.29, 1.82) is 0 Å². The Morgan fingerprint density at radius 3 is 2.43 bits per heavy atom. The predicted octanol–water partition coefficient (Wildman–Crippen LogP) is 1.47. The van der Waals surface area contributed by atoms with Crippen LogP contribution in [0, 0.1) is 6.92 Å². The summed E-state index contributed by atoms with van der Waals surface area (Å²) in [5.74, 6) is -0.298. The highest BCUT2D eigenvalue weighted by Crippen LogP contribution is 2.30. The zero-order chi connectivity index (χ0) is 20.1. The number of sulfonamides is 1. The fraction of sp³-hybridized carbons (Fsp3) is 0.263. The average Bonchev–Trinajstić information content (AvgIpc) is 2.70. The molecule has 0 unspecified atom stereocenters. The Morgan fingerprint density at radius 2 is 1.71 bits per heavy atom. The van der Waals surface area contributed by atoms with Crippen LogP contribution in [0.25, 0.3) is 0 Å². The Hall–Kier alpha value is -2.91. The molecular formula is C19H19NO7S. The molecule has 1 aliphatic rings. The van der Waals surface area contributed by atoms with Crippen LogP contribution in [0.5, 0.6) is 11.5 Å². The van der Waals surface area contributed by atoms with Gasteiger partial charge in [0.15, 0.2) is 23.9 Å². The summed E-state index contributed by atoms with van der Waals surface area (Å²) in [5, 5.41) is 0. The molecule has 8 nitrogen and oxygen atoms in total. The van der Waals surface area contributed by atoms with Crippen molar-refractivity contribution in [2.24, 2.45) is 0 Å². The molecular weight excluding hydrogens is 386 g/mol. The third-order valence-electron chi connectivity index (χ3n) is 3.97. The molecule has 3 rings (SSSR count). The Morgan fingerprint density at radius 1 is 1.04 bits per heavy atom. The SMILES string of the molecule is Cc1ccc(S(=O)(=O)NCC(=O)OCC(=O)c2ccc3c(c2)OCCO3)cc1. The van der Waals surface area contributed by atoms with Gasteiger partial charge in [0.2, 0.25) is 10.0 Å². The van der Waals surface area contributed by atoms with E-state index in [0.29, 0.717) is 30.3 Å². The number of carbonyl (C=O) groups excluding carboxylic acids is 2. The number of carbonyl (C=O) groups is 2. The van der Waals surface area contributed by atoms with Gasteiger partial charge in [-0.05, 0) is 37.3 Å². The lowest BCUT2D eigenvalue weighted by Gasteiger charge is -2.18. The second-order valence-corrected chi connectivity index (χ2v) is 7.85. The molecule has 2 aromatic carbocycles. The number of benzene rings is 2. The summed E-state index contributed by atoms with van der Waals surface area (Å²) in [5.41, 5.74) is 1.22. The lowest BCUT2D eigenvalue weighted by atomic mass is 10.1. The van der Waals surface area contributed by atoms with Crippen molar-refractivity contribution in [2.45, 2.75) is 11.8 Å². The maximum absolute atomic E-state index is 12.2. The van der Waals surface area contributed by atoms with E-state index in [2.05, 4.69) is 4.72 Å². The molecule has 1 N–H and O–H groups in total. The second kappa shape index (κ2) is 8.41. The quantitative estimate of drug-likeness (QED) is 0.549.